The molecule has 0 aliphatic carbocycles. The number of rotatable bonds is 6. The molecule has 1 atom stereocenters. The molecule has 2 aromatic carbocycles. The average Bonchev–Trinajstić information content (AvgIpc) is 3.02. The van der Waals surface area contributed by atoms with Crippen LogP contribution in [0.1, 0.15) is 46.6 Å². The van der Waals surface area contributed by atoms with Gasteiger partial charge in [0.15, 0.2) is 5.43 Å². The Morgan fingerprint density at radius 1 is 1.06 bits per heavy atom. The summed E-state index contributed by atoms with van der Waals surface area (Å²) in [7, 11) is 3.97. The van der Waals surface area contributed by atoms with E-state index in [2.05, 4.69) is 4.90 Å². The maximum absolute atomic E-state index is 13.6. The Morgan fingerprint density at radius 3 is 2.52 bits per heavy atom. The van der Waals surface area contributed by atoms with E-state index in [1.54, 1.807) is 23.1 Å². The van der Waals surface area contributed by atoms with Gasteiger partial charge in [0, 0.05) is 6.54 Å². The van der Waals surface area contributed by atoms with Crippen molar-refractivity contribution in [2.75, 3.05) is 27.2 Å². The highest BCUT2D eigenvalue weighted by Gasteiger charge is 2.42. The maximum atomic E-state index is 13.6. The number of amides is 1. The first-order chi connectivity index (χ1) is 14.8. The van der Waals surface area contributed by atoms with Gasteiger partial charge in [-0.2, -0.15) is 0 Å². The summed E-state index contributed by atoms with van der Waals surface area (Å²) in [6.45, 7) is 3.34. The number of hydrogen-bond acceptors (Lipinski definition) is 4. The summed E-state index contributed by atoms with van der Waals surface area (Å²) >= 11 is 12.4. The molecule has 3 aromatic rings. The second-order valence-electron chi connectivity index (χ2n) is 8.09. The van der Waals surface area contributed by atoms with Crippen LogP contribution >= 0.6 is 23.2 Å². The van der Waals surface area contributed by atoms with Gasteiger partial charge in [-0.1, -0.05) is 42.3 Å². The largest absolute Gasteiger partial charge is 0.450 e. The number of fused-ring (bicyclic) bond motifs is 2. The fourth-order valence-corrected chi connectivity index (χ4v) is 4.41. The highest BCUT2D eigenvalue weighted by molar-refractivity contribution is 6.42. The molecule has 1 aliphatic heterocycles. The summed E-state index contributed by atoms with van der Waals surface area (Å²) in [6.07, 6.45) is 1.57. The van der Waals surface area contributed by atoms with E-state index in [1.807, 2.05) is 39.2 Å². The Labute approximate surface area is 191 Å². The maximum Gasteiger partial charge on any atom is 0.290 e. The van der Waals surface area contributed by atoms with Crippen molar-refractivity contribution >= 4 is 40.1 Å². The quantitative estimate of drug-likeness (QED) is 0.511. The minimum atomic E-state index is -0.564. The van der Waals surface area contributed by atoms with Crippen molar-refractivity contribution in [3.05, 3.63) is 79.1 Å². The standard InChI is InChI=1S/C24H24Cl2N2O3/c1-4-14-6-9-19-16(12-14)22(29)20-21(15-7-8-17(25)18(26)13-15)28(11-5-10-27(2)3)24(30)23(20)31-19/h6-9,12-13,21H,4-5,10-11H2,1-3H3. The SMILES string of the molecule is CCc1ccc2oc3c(c(=O)c2c1)C(c1ccc(Cl)c(Cl)c1)N(CCCN(C)C)C3=O. The van der Waals surface area contributed by atoms with E-state index in [4.69, 9.17) is 27.6 Å². The van der Waals surface area contributed by atoms with Gasteiger partial charge in [0.2, 0.25) is 5.76 Å². The second-order valence-corrected chi connectivity index (χ2v) is 8.90. The summed E-state index contributed by atoms with van der Waals surface area (Å²) in [6, 6.07) is 10.2. The molecule has 1 aromatic heterocycles. The highest BCUT2D eigenvalue weighted by Crippen LogP contribution is 2.39. The van der Waals surface area contributed by atoms with Gasteiger partial charge in [-0.15, -0.1) is 0 Å². The Hall–Kier alpha value is -2.34. The molecule has 0 fully saturated rings. The van der Waals surface area contributed by atoms with Gasteiger partial charge in [0.05, 0.1) is 27.0 Å². The number of carbonyl (C=O) groups excluding carboxylic acids is 1. The molecule has 1 amide bonds. The first kappa shape index (κ1) is 21.9. The third kappa shape index (κ3) is 3.98. The molecule has 0 saturated carbocycles. The van der Waals surface area contributed by atoms with E-state index >= 15 is 0 Å². The van der Waals surface area contributed by atoms with Crippen LogP contribution in [0.4, 0.5) is 0 Å². The molecule has 1 aliphatic rings. The predicted octanol–water partition coefficient (Wildman–Crippen LogP) is 5.16. The first-order valence-electron chi connectivity index (χ1n) is 10.3. The van der Waals surface area contributed by atoms with E-state index in [1.165, 1.54) is 0 Å². The van der Waals surface area contributed by atoms with E-state index in [0.717, 1.165) is 30.5 Å². The van der Waals surface area contributed by atoms with Gasteiger partial charge in [-0.3, -0.25) is 9.59 Å². The molecule has 4 rings (SSSR count). The van der Waals surface area contributed by atoms with E-state index in [-0.39, 0.29) is 17.1 Å². The van der Waals surface area contributed by atoms with Crippen LogP contribution in [-0.4, -0.2) is 42.9 Å². The van der Waals surface area contributed by atoms with Crippen molar-refractivity contribution in [1.82, 2.24) is 9.80 Å². The molecular weight excluding hydrogens is 435 g/mol. The van der Waals surface area contributed by atoms with Crippen molar-refractivity contribution in [2.24, 2.45) is 0 Å². The van der Waals surface area contributed by atoms with Crippen LogP contribution in [0.25, 0.3) is 11.0 Å². The number of aryl methyl sites for hydroxylation is 1. The Bertz CT molecular complexity index is 1220. The molecular formula is C24H24Cl2N2O3. The average molecular weight is 459 g/mol. The van der Waals surface area contributed by atoms with Crippen molar-refractivity contribution in [2.45, 2.75) is 25.8 Å². The molecule has 31 heavy (non-hydrogen) atoms. The van der Waals surface area contributed by atoms with Crippen LogP contribution in [0.2, 0.25) is 10.0 Å². The number of hydrogen-bond donors (Lipinski definition) is 0. The molecule has 0 saturated heterocycles. The second kappa shape index (κ2) is 8.65. The lowest BCUT2D eigenvalue weighted by Crippen LogP contribution is -2.32. The number of benzene rings is 2. The third-order valence-electron chi connectivity index (χ3n) is 5.70. The van der Waals surface area contributed by atoms with Crippen molar-refractivity contribution < 1.29 is 9.21 Å². The monoisotopic (exact) mass is 458 g/mol. The van der Waals surface area contributed by atoms with Crippen LogP contribution in [0.3, 0.4) is 0 Å². The van der Waals surface area contributed by atoms with Crippen molar-refractivity contribution in [1.29, 1.82) is 0 Å². The number of nitrogens with zero attached hydrogens (tertiary/aromatic N) is 2. The smallest absolute Gasteiger partial charge is 0.290 e. The van der Waals surface area contributed by atoms with Crippen LogP contribution in [-0.2, 0) is 6.42 Å². The minimum Gasteiger partial charge on any atom is -0.450 e. The lowest BCUT2D eigenvalue weighted by molar-refractivity contribution is 0.0722. The van der Waals surface area contributed by atoms with Gasteiger partial charge in [0.25, 0.3) is 5.91 Å². The molecule has 162 valence electrons. The summed E-state index contributed by atoms with van der Waals surface area (Å²) in [5.41, 5.74) is 2.40. The molecule has 5 nitrogen and oxygen atoms in total. The van der Waals surface area contributed by atoms with Gasteiger partial charge in [-0.25, -0.2) is 0 Å². The summed E-state index contributed by atoms with van der Waals surface area (Å²) in [4.78, 5) is 30.7. The van der Waals surface area contributed by atoms with Gasteiger partial charge in [-0.05, 0) is 68.9 Å². The fourth-order valence-electron chi connectivity index (χ4n) is 4.10. The molecule has 0 N–H and O–H groups in total. The fraction of sp³-hybridized carbons (Fsp3) is 0.333. The van der Waals surface area contributed by atoms with E-state index in [0.29, 0.717) is 33.1 Å². The van der Waals surface area contributed by atoms with Gasteiger partial charge in [0.1, 0.15) is 5.58 Å². The molecule has 2 heterocycles. The summed E-state index contributed by atoms with van der Waals surface area (Å²) in [5.74, 6) is -0.161. The van der Waals surface area contributed by atoms with E-state index in [9.17, 15) is 9.59 Å². The zero-order chi connectivity index (χ0) is 22.3. The Morgan fingerprint density at radius 2 is 1.84 bits per heavy atom. The molecule has 0 spiro atoms. The van der Waals surface area contributed by atoms with Crippen LogP contribution in [0.15, 0.2) is 45.6 Å². The Kier molecular flexibility index (Phi) is 6.11. The van der Waals surface area contributed by atoms with Crippen molar-refractivity contribution in [3.8, 4) is 0 Å². The number of halogens is 2. The first-order valence-corrected chi connectivity index (χ1v) is 11.1. The van der Waals surface area contributed by atoms with Crippen molar-refractivity contribution in [3.63, 3.8) is 0 Å². The zero-order valence-electron chi connectivity index (χ0n) is 17.7. The molecule has 0 bridgehead atoms. The van der Waals surface area contributed by atoms with E-state index < -0.39 is 6.04 Å². The van der Waals surface area contributed by atoms with Gasteiger partial charge < -0.3 is 14.2 Å². The number of carbonyl (C=O) groups is 1. The lowest BCUT2D eigenvalue weighted by Gasteiger charge is -2.26. The van der Waals surface area contributed by atoms with Crippen LogP contribution < -0.4 is 5.43 Å². The van der Waals surface area contributed by atoms with Crippen LogP contribution in [0.5, 0.6) is 0 Å². The zero-order valence-corrected chi connectivity index (χ0v) is 19.3. The summed E-state index contributed by atoms with van der Waals surface area (Å²) < 4.78 is 6.00. The van der Waals surface area contributed by atoms with Gasteiger partial charge >= 0.3 is 0 Å². The lowest BCUT2D eigenvalue weighted by atomic mass is 9.98. The molecule has 0 radical (unpaired) electrons. The topological polar surface area (TPSA) is 53.8 Å². The highest BCUT2D eigenvalue weighted by atomic mass is 35.5. The molecule has 1 unspecified atom stereocenters. The summed E-state index contributed by atoms with van der Waals surface area (Å²) in [5, 5.41) is 1.30. The molecule has 7 heteroatoms. The third-order valence-corrected chi connectivity index (χ3v) is 6.44. The van der Waals surface area contributed by atoms with Crippen LogP contribution in [0, 0.1) is 0 Å². The minimum absolute atomic E-state index is 0.114. The normalized spacial score (nSPS) is 15.9. The predicted molar refractivity (Wildman–Crippen MR) is 124 cm³/mol. The Balaban J connectivity index is 1.90.